The molecule has 0 amide bonds. The molecule has 0 spiro atoms. The Morgan fingerprint density at radius 1 is 1.15 bits per heavy atom. The minimum atomic E-state index is -4.24. The molecule has 1 aliphatic carbocycles. The van der Waals surface area contributed by atoms with E-state index in [1.165, 1.54) is 0 Å². The number of hydrogen-bond acceptors (Lipinski definition) is 3. The van der Waals surface area contributed by atoms with Crippen molar-refractivity contribution in [3.63, 3.8) is 0 Å². The molecule has 0 aliphatic heterocycles. The third-order valence-electron chi connectivity index (χ3n) is 3.53. The average Bonchev–Trinajstić information content (AvgIpc) is 2.80. The third-order valence-corrected chi connectivity index (χ3v) is 5.04. The lowest BCUT2D eigenvalue weighted by atomic mass is 10.1. The van der Waals surface area contributed by atoms with Gasteiger partial charge in [-0.3, -0.25) is 0 Å². The third kappa shape index (κ3) is 2.97. The van der Waals surface area contributed by atoms with Gasteiger partial charge in [0.05, 0.1) is 0 Å². The van der Waals surface area contributed by atoms with Crippen LogP contribution in [0.5, 0.6) is 0 Å². The van der Waals surface area contributed by atoms with Crippen LogP contribution in [-0.4, -0.2) is 21.0 Å². The van der Waals surface area contributed by atoms with Crippen LogP contribution in [-0.2, 0) is 10.0 Å². The van der Waals surface area contributed by atoms with Gasteiger partial charge < -0.3 is 5.73 Å². The van der Waals surface area contributed by atoms with Crippen molar-refractivity contribution >= 4 is 10.0 Å². The summed E-state index contributed by atoms with van der Waals surface area (Å²) in [5, 5.41) is 0. The summed E-state index contributed by atoms with van der Waals surface area (Å²) in [6.45, 7) is 0.313. The van der Waals surface area contributed by atoms with Crippen LogP contribution in [0.3, 0.4) is 0 Å². The van der Waals surface area contributed by atoms with Crippen LogP contribution >= 0.6 is 0 Å². The van der Waals surface area contributed by atoms with Gasteiger partial charge in [0.25, 0.3) is 0 Å². The Bertz CT molecular complexity index is 607. The highest BCUT2D eigenvalue weighted by Gasteiger charge is 2.32. The number of benzene rings is 1. The van der Waals surface area contributed by atoms with Gasteiger partial charge in [0.15, 0.2) is 11.6 Å². The number of rotatable bonds is 4. The Balaban J connectivity index is 2.29. The molecule has 1 aromatic rings. The molecule has 8 heteroatoms. The van der Waals surface area contributed by atoms with Crippen molar-refractivity contribution < 1.29 is 21.6 Å². The highest BCUT2D eigenvalue weighted by Crippen LogP contribution is 2.27. The van der Waals surface area contributed by atoms with Gasteiger partial charge in [-0.05, 0) is 31.4 Å². The predicted molar refractivity (Wildman–Crippen MR) is 66.8 cm³/mol. The first-order chi connectivity index (χ1) is 9.35. The maximum atomic E-state index is 13.5. The Labute approximate surface area is 115 Å². The maximum Gasteiger partial charge on any atom is 0.243 e. The second kappa shape index (κ2) is 5.71. The molecule has 0 radical (unpaired) electrons. The van der Waals surface area contributed by atoms with Crippen molar-refractivity contribution in [1.29, 1.82) is 0 Å². The maximum absolute atomic E-state index is 13.5. The summed E-state index contributed by atoms with van der Waals surface area (Å²) in [5.41, 5.74) is 5.54. The van der Waals surface area contributed by atoms with Crippen molar-refractivity contribution in [3.05, 3.63) is 29.6 Å². The molecule has 1 fully saturated rings. The van der Waals surface area contributed by atoms with Crippen LogP contribution in [0.2, 0.25) is 0 Å². The van der Waals surface area contributed by atoms with E-state index < -0.39 is 38.4 Å². The lowest BCUT2D eigenvalue weighted by Crippen LogP contribution is -2.40. The van der Waals surface area contributed by atoms with Crippen molar-refractivity contribution in [2.75, 3.05) is 6.54 Å². The van der Waals surface area contributed by atoms with E-state index in [2.05, 4.69) is 4.72 Å². The topological polar surface area (TPSA) is 72.2 Å². The van der Waals surface area contributed by atoms with Crippen LogP contribution < -0.4 is 10.5 Å². The number of nitrogens with one attached hydrogen (secondary N) is 1. The van der Waals surface area contributed by atoms with E-state index in [0.717, 1.165) is 12.8 Å². The van der Waals surface area contributed by atoms with Gasteiger partial charge >= 0.3 is 0 Å². The fourth-order valence-electron chi connectivity index (χ4n) is 2.45. The van der Waals surface area contributed by atoms with Gasteiger partial charge in [-0.15, -0.1) is 0 Å². The second-order valence-electron chi connectivity index (χ2n) is 4.85. The minimum Gasteiger partial charge on any atom is -0.330 e. The first-order valence-electron chi connectivity index (χ1n) is 6.22. The molecule has 0 unspecified atom stereocenters. The molecule has 1 saturated carbocycles. The van der Waals surface area contributed by atoms with Crippen LogP contribution in [0, 0.1) is 23.4 Å². The van der Waals surface area contributed by atoms with Gasteiger partial charge in [0, 0.05) is 12.1 Å². The highest BCUT2D eigenvalue weighted by atomic mass is 32.2. The van der Waals surface area contributed by atoms with Gasteiger partial charge in [-0.1, -0.05) is 6.42 Å². The van der Waals surface area contributed by atoms with Gasteiger partial charge in [-0.2, -0.15) is 0 Å². The summed E-state index contributed by atoms with van der Waals surface area (Å²) < 4.78 is 65.9. The molecule has 1 aromatic carbocycles. The van der Waals surface area contributed by atoms with E-state index in [9.17, 15) is 21.6 Å². The molecule has 3 N–H and O–H groups in total. The van der Waals surface area contributed by atoms with Gasteiger partial charge in [0.1, 0.15) is 10.7 Å². The highest BCUT2D eigenvalue weighted by molar-refractivity contribution is 7.89. The second-order valence-corrected chi connectivity index (χ2v) is 6.53. The van der Waals surface area contributed by atoms with Crippen molar-refractivity contribution in [1.82, 2.24) is 4.72 Å². The normalized spacial score (nSPS) is 23.2. The number of nitrogens with two attached hydrogens (primary N) is 1. The number of sulfonamides is 1. The zero-order valence-corrected chi connectivity index (χ0v) is 11.4. The Kier molecular flexibility index (Phi) is 4.36. The SMILES string of the molecule is NC[C@H]1CCC[C@H]1NS(=O)(=O)c1cc(F)c(F)cc1F. The van der Waals surface area contributed by atoms with Crippen LogP contribution in [0.4, 0.5) is 13.2 Å². The molecule has 0 saturated heterocycles. The quantitative estimate of drug-likeness (QED) is 0.828. The van der Waals surface area contributed by atoms with Crippen LogP contribution in [0.1, 0.15) is 19.3 Å². The van der Waals surface area contributed by atoms with Crippen molar-refractivity contribution in [2.45, 2.75) is 30.2 Å². The summed E-state index contributed by atoms with van der Waals surface area (Å²) in [6.07, 6.45) is 2.19. The lowest BCUT2D eigenvalue weighted by molar-refractivity contribution is 0.448. The fraction of sp³-hybridized carbons (Fsp3) is 0.500. The molecule has 0 bridgehead atoms. The largest absolute Gasteiger partial charge is 0.330 e. The first-order valence-corrected chi connectivity index (χ1v) is 7.70. The van der Waals surface area contributed by atoms with E-state index in [1.807, 2.05) is 0 Å². The first kappa shape index (κ1) is 15.3. The molecule has 0 aromatic heterocycles. The fourth-order valence-corrected chi connectivity index (χ4v) is 3.86. The summed E-state index contributed by atoms with van der Waals surface area (Å²) in [6, 6.07) is 0.163. The van der Waals surface area contributed by atoms with Crippen LogP contribution in [0.25, 0.3) is 0 Å². The molecule has 2 atom stereocenters. The Hall–Kier alpha value is -1.12. The summed E-state index contributed by atoms with van der Waals surface area (Å²) in [7, 11) is -4.24. The zero-order valence-electron chi connectivity index (χ0n) is 10.6. The van der Waals surface area contributed by atoms with E-state index in [4.69, 9.17) is 5.73 Å². The Morgan fingerprint density at radius 2 is 1.80 bits per heavy atom. The average molecular weight is 308 g/mol. The molecule has 20 heavy (non-hydrogen) atoms. The number of halogens is 3. The Morgan fingerprint density at radius 3 is 2.45 bits per heavy atom. The van der Waals surface area contributed by atoms with Gasteiger partial charge in [0.2, 0.25) is 10.0 Å². The number of hydrogen-bond donors (Lipinski definition) is 2. The van der Waals surface area contributed by atoms with E-state index in [1.54, 1.807) is 0 Å². The van der Waals surface area contributed by atoms with Gasteiger partial charge in [-0.25, -0.2) is 26.3 Å². The smallest absolute Gasteiger partial charge is 0.243 e. The van der Waals surface area contributed by atoms with Crippen molar-refractivity contribution in [2.24, 2.45) is 11.7 Å². The van der Waals surface area contributed by atoms with Crippen molar-refractivity contribution in [3.8, 4) is 0 Å². The van der Waals surface area contributed by atoms with E-state index in [0.29, 0.717) is 19.0 Å². The summed E-state index contributed by atoms with van der Waals surface area (Å²) >= 11 is 0. The van der Waals surface area contributed by atoms with E-state index >= 15 is 0 Å². The zero-order chi connectivity index (χ0) is 14.9. The molecule has 2 rings (SSSR count). The monoisotopic (exact) mass is 308 g/mol. The van der Waals surface area contributed by atoms with Crippen LogP contribution in [0.15, 0.2) is 17.0 Å². The standard InChI is InChI=1S/C12H15F3N2O2S/c13-8-4-10(15)12(5-9(8)14)20(18,19)17-11-3-1-2-7(11)6-16/h4-5,7,11,17H,1-3,6,16H2/t7-,11-/m1/s1. The molecular formula is C12H15F3N2O2S. The predicted octanol–water partition coefficient (Wildman–Crippen LogP) is 1.51. The molecule has 1 aliphatic rings. The lowest BCUT2D eigenvalue weighted by Gasteiger charge is -2.19. The molecular weight excluding hydrogens is 293 g/mol. The molecule has 112 valence electrons. The van der Waals surface area contributed by atoms with E-state index in [-0.39, 0.29) is 12.0 Å². The molecule has 4 nitrogen and oxygen atoms in total. The molecule has 0 heterocycles. The summed E-state index contributed by atoms with van der Waals surface area (Å²) in [4.78, 5) is -0.890. The minimum absolute atomic E-state index is 0.0295. The summed E-state index contributed by atoms with van der Waals surface area (Å²) in [5.74, 6) is -4.19.